The molecule has 1 aliphatic heterocycles. The molecule has 1 saturated carbocycles. The van der Waals surface area contributed by atoms with Crippen LogP contribution in [0.5, 0.6) is 0 Å². The minimum Gasteiger partial charge on any atom is -0.316 e. The quantitative estimate of drug-likeness (QED) is 0.336. The molecule has 1 aliphatic carbocycles. The Bertz CT molecular complexity index is 1500. The van der Waals surface area contributed by atoms with Crippen LogP contribution >= 0.6 is 0 Å². The molecule has 0 radical (unpaired) electrons. The molecule has 38 heavy (non-hydrogen) atoms. The van der Waals surface area contributed by atoms with Crippen molar-refractivity contribution < 1.29 is 9.59 Å². The van der Waals surface area contributed by atoms with Crippen molar-refractivity contribution in [2.75, 3.05) is 16.8 Å². The van der Waals surface area contributed by atoms with Crippen LogP contribution in [-0.4, -0.2) is 34.0 Å². The van der Waals surface area contributed by atoms with E-state index in [4.69, 9.17) is 0 Å². The first-order valence-corrected chi connectivity index (χ1v) is 13.2. The van der Waals surface area contributed by atoms with Crippen molar-refractivity contribution in [2.24, 2.45) is 0 Å². The first-order chi connectivity index (χ1) is 18.4. The number of nitrogens with zero attached hydrogens (tertiary/aromatic N) is 3. The summed E-state index contributed by atoms with van der Waals surface area (Å²) >= 11 is 0. The third-order valence-corrected chi connectivity index (χ3v) is 7.65. The van der Waals surface area contributed by atoms with Crippen molar-refractivity contribution in [2.45, 2.75) is 45.7 Å². The summed E-state index contributed by atoms with van der Waals surface area (Å²) in [5, 5.41) is 3.10. The minimum atomic E-state index is -0.296. The maximum atomic E-state index is 14.3. The van der Waals surface area contributed by atoms with Crippen molar-refractivity contribution >= 4 is 23.3 Å². The maximum Gasteiger partial charge on any atom is 0.322 e. The Kier molecular flexibility index (Phi) is 6.03. The van der Waals surface area contributed by atoms with Gasteiger partial charge in [-0.15, -0.1) is 0 Å². The van der Waals surface area contributed by atoms with E-state index in [-0.39, 0.29) is 30.6 Å². The fraction of sp³-hybridized carbons (Fsp3) is 0.250. The standard InChI is InChI=1S/C32H32N4O2/c1-21-13-15-24(16-14-21)31-28-12-7-19-34(28)26-10-4-5-11-27(26)36(31)29(37)20-35(25-17-18-25)32(38)33-30-22(2)8-6-9-23(30)3/h4-16,19,25,31H,17-18,20H2,1-3H3,(H,33,38). The van der Waals surface area contributed by atoms with Crippen LogP contribution in [0, 0.1) is 20.8 Å². The van der Waals surface area contributed by atoms with Gasteiger partial charge in [0.1, 0.15) is 12.6 Å². The molecular formula is C32H32N4O2. The highest BCUT2D eigenvalue weighted by atomic mass is 16.2. The topological polar surface area (TPSA) is 57.6 Å². The van der Waals surface area contributed by atoms with Gasteiger partial charge in [0.2, 0.25) is 5.91 Å². The number of fused-ring (bicyclic) bond motifs is 3. The van der Waals surface area contributed by atoms with Gasteiger partial charge in [0.05, 0.1) is 17.1 Å². The Hall–Kier alpha value is -4.32. The predicted molar refractivity (Wildman–Crippen MR) is 151 cm³/mol. The Morgan fingerprint density at radius 3 is 2.21 bits per heavy atom. The van der Waals surface area contributed by atoms with E-state index in [0.717, 1.165) is 52.3 Å². The Balaban J connectivity index is 1.36. The third-order valence-electron chi connectivity index (χ3n) is 7.65. The smallest absolute Gasteiger partial charge is 0.316 e. The van der Waals surface area contributed by atoms with Crippen LogP contribution in [0.3, 0.4) is 0 Å². The zero-order chi connectivity index (χ0) is 26.4. The van der Waals surface area contributed by atoms with E-state index < -0.39 is 0 Å². The van der Waals surface area contributed by atoms with E-state index in [1.165, 1.54) is 5.56 Å². The summed E-state index contributed by atoms with van der Waals surface area (Å²) in [4.78, 5) is 31.4. The van der Waals surface area contributed by atoms with E-state index >= 15 is 0 Å². The van der Waals surface area contributed by atoms with Crippen LogP contribution in [0.1, 0.15) is 46.8 Å². The number of benzene rings is 3. The van der Waals surface area contributed by atoms with Gasteiger partial charge in [-0.05, 0) is 74.6 Å². The number of hydrogen-bond acceptors (Lipinski definition) is 2. The lowest BCUT2D eigenvalue weighted by Gasteiger charge is -2.39. The van der Waals surface area contributed by atoms with Crippen molar-refractivity contribution in [3.63, 3.8) is 0 Å². The number of urea groups is 1. The van der Waals surface area contributed by atoms with Crippen LogP contribution in [-0.2, 0) is 4.79 Å². The van der Waals surface area contributed by atoms with Gasteiger partial charge in [0, 0.05) is 17.9 Å². The van der Waals surface area contributed by atoms with Crippen LogP contribution in [0.2, 0.25) is 0 Å². The predicted octanol–water partition coefficient (Wildman–Crippen LogP) is 6.54. The lowest BCUT2D eigenvalue weighted by Crippen LogP contribution is -2.48. The highest BCUT2D eigenvalue weighted by Crippen LogP contribution is 2.42. The molecule has 0 spiro atoms. The summed E-state index contributed by atoms with van der Waals surface area (Å²) in [6.07, 6.45) is 3.87. The van der Waals surface area contributed by atoms with Gasteiger partial charge in [-0.2, -0.15) is 0 Å². The van der Waals surface area contributed by atoms with E-state index in [1.54, 1.807) is 4.90 Å². The second-order valence-corrected chi connectivity index (χ2v) is 10.4. The molecule has 1 aromatic heterocycles. The fourth-order valence-corrected chi connectivity index (χ4v) is 5.49. The van der Waals surface area contributed by atoms with Gasteiger partial charge in [0.25, 0.3) is 0 Å². The number of carbonyl (C=O) groups excluding carboxylic acids is 2. The van der Waals surface area contributed by atoms with Gasteiger partial charge in [0.15, 0.2) is 0 Å². The molecule has 6 rings (SSSR count). The molecule has 1 atom stereocenters. The number of carbonyl (C=O) groups is 2. The second kappa shape index (κ2) is 9.53. The van der Waals surface area contributed by atoms with Crippen molar-refractivity contribution in [1.29, 1.82) is 0 Å². The van der Waals surface area contributed by atoms with Gasteiger partial charge < -0.3 is 14.8 Å². The first kappa shape index (κ1) is 24.0. The van der Waals surface area contributed by atoms with Gasteiger partial charge in [-0.3, -0.25) is 9.69 Å². The molecule has 3 amide bonds. The van der Waals surface area contributed by atoms with Gasteiger partial charge in [-0.1, -0.05) is 60.2 Å². The third kappa shape index (κ3) is 4.26. The summed E-state index contributed by atoms with van der Waals surface area (Å²) in [6, 6.07) is 26.0. The molecule has 4 aromatic rings. The Labute approximate surface area is 223 Å². The van der Waals surface area contributed by atoms with Crippen LogP contribution in [0.15, 0.2) is 85.1 Å². The molecule has 6 heteroatoms. The molecule has 0 bridgehead atoms. The van der Waals surface area contributed by atoms with Crippen molar-refractivity contribution in [3.05, 3.63) is 113 Å². The zero-order valence-electron chi connectivity index (χ0n) is 22.0. The van der Waals surface area contributed by atoms with Crippen LogP contribution < -0.4 is 10.2 Å². The number of amides is 3. The van der Waals surface area contributed by atoms with Crippen LogP contribution in [0.25, 0.3) is 5.69 Å². The van der Waals surface area contributed by atoms with Gasteiger partial charge >= 0.3 is 6.03 Å². The average Bonchev–Trinajstić information content (AvgIpc) is 3.64. The Morgan fingerprint density at radius 2 is 1.53 bits per heavy atom. The largest absolute Gasteiger partial charge is 0.322 e. The van der Waals surface area contributed by atoms with Crippen molar-refractivity contribution in [1.82, 2.24) is 9.47 Å². The summed E-state index contributed by atoms with van der Waals surface area (Å²) in [5.41, 5.74) is 7.86. The van der Waals surface area contributed by atoms with Gasteiger partial charge in [-0.25, -0.2) is 4.79 Å². The lowest BCUT2D eigenvalue weighted by molar-refractivity contribution is -0.119. The fourth-order valence-electron chi connectivity index (χ4n) is 5.49. The normalized spacial score (nSPS) is 16.0. The number of nitrogens with one attached hydrogen (secondary N) is 1. The second-order valence-electron chi connectivity index (χ2n) is 10.4. The highest BCUT2D eigenvalue weighted by molar-refractivity contribution is 6.02. The number of aromatic nitrogens is 1. The zero-order valence-corrected chi connectivity index (χ0v) is 22.0. The molecule has 2 aliphatic rings. The van der Waals surface area contributed by atoms with E-state index in [0.29, 0.717) is 0 Å². The number of hydrogen-bond donors (Lipinski definition) is 1. The average molecular weight is 505 g/mol. The highest BCUT2D eigenvalue weighted by Gasteiger charge is 2.40. The molecule has 1 N–H and O–H groups in total. The van der Waals surface area contributed by atoms with E-state index in [1.807, 2.05) is 73.5 Å². The number of para-hydroxylation sites is 3. The number of anilines is 2. The molecule has 6 nitrogen and oxygen atoms in total. The summed E-state index contributed by atoms with van der Waals surface area (Å²) in [5.74, 6) is -0.0981. The van der Waals surface area contributed by atoms with Crippen molar-refractivity contribution in [3.8, 4) is 5.69 Å². The molecule has 192 valence electrons. The van der Waals surface area contributed by atoms with E-state index in [2.05, 4.69) is 47.1 Å². The SMILES string of the molecule is Cc1ccc(C2c3cccn3-c3ccccc3N2C(=O)CN(C(=O)Nc2c(C)cccc2C)C2CC2)cc1. The minimum absolute atomic E-state index is 0.0127. The first-order valence-electron chi connectivity index (χ1n) is 13.2. The lowest BCUT2D eigenvalue weighted by atomic mass is 9.97. The molecular weight excluding hydrogens is 472 g/mol. The molecule has 0 saturated heterocycles. The van der Waals surface area contributed by atoms with Crippen LogP contribution in [0.4, 0.5) is 16.2 Å². The monoisotopic (exact) mass is 504 g/mol. The maximum absolute atomic E-state index is 14.3. The Morgan fingerprint density at radius 1 is 0.842 bits per heavy atom. The summed E-state index contributed by atoms with van der Waals surface area (Å²) in [6.45, 7) is 6.05. The molecule has 1 fully saturated rings. The number of rotatable bonds is 5. The molecule has 2 heterocycles. The molecule has 1 unspecified atom stereocenters. The van der Waals surface area contributed by atoms with E-state index in [9.17, 15) is 9.59 Å². The summed E-state index contributed by atoms with van der Waals surface area (Å²) in [7, 11) is 0. The number of aryl methyl sites for hydroxylation is 3. The summed E-state index contributed by atoms with van der Waals surface area (Å²) < 4.78 is 2.16. The molecule has 3 aromatic carbocycles.